The Hall–Kier alpha value is -3.59. The number of aromatic nitrogens is 1. The minimum Gasteiger partial charge on any atom is -0.437 e. The zero-order chi connectivity index (χ0) is 21.7. The molecule has 2 bridgehead atoms. The Balaban J connectivity index is 1.29. The Morgan fingerprint density at radius 3 is 2.45 bits per heavy atom. The normalized spacial score (nSPS) is 26.2. The number of hydrogen-bond donors (Lipinski definition) is 0. The lowest BCUT2D eigenvalue weighted by molar-refractivity contribution is -0.385. The molecule has 2 aromatic rings. The molecule has 9 nitrogen and oxygen atoms in total. The van der Waals surface area contributed by atoms with Gasteiger partial charge in [0.15, 0.2) is 0 Å². The number of carbonyl (C=O) groups excluding carboxylic acids is 2. The van der Waals surface area contributed by atoms with Crippen molar-refractivity contribution in [3.63, 3.8) is 0 Å². The molecule has 0 N–H and O–H groups in total. The van der Waals surface area contributed by atoms with Gasteiger partial charge in [-0.2, -0.15) is 10.1 Å². The molecule has 1 aliphatic heterocycles. The zero-order valence-electron chi connectivity index (χ0n) is 15.9. The fourth-order valence-electron chi connectivity index (χ4n) is 4.46. The highest BCUT2D eigenvalue weighted by Gasteiger charge is 2.59. The molecule has 156 valence electrons. The maximum Gasteiger partial charge on any atom is 0.287 e. The van der Waals surface area contributed by atoms with E-state index in [-0.39, 0.29) is 52.1 Å². The Labute approximate surface area is 181 Å². The van der Waals surface area contributed by atoms with E-state index >= 15 is 0 Å². The average Bonchev–Trinajstić information content (AvgIpc) is 3.43. The fraction of sp³-hybridized carbons (Fsp3) is 0.238. The summed E-state index contributed by atoms with van der Waals surface area (Å²) >= 11 is 6.26. The minimum atomic E-state index is -0.553. The highest BCUT2D eigenvalue weighted by atomic mass is 35.5. The molecule has 2 fully saturated rings. The molecule has 1 saturated carbocycles. The summed E-state index contributed by atoms with van der Waals surface area (Å²) in [7, 11) is 0. The van der Waals surface area contributed by atoms with Crippen LogP contribution in [0.4, 0.5) is 5.69 Å². The summed E-state index contributed by atoms with van der Waals surface area (Å²) in [5.74, 6) is -0.392. The molecule has 2 heterocycles. The quantitative estimate of drug-likeness (QED) is 0.232. The standard InChI is InChI=1S/C21H15ClN4O5/c22-15-7-11(1-5-16(15)31-17-6-4-14(10-23-17)26(29)30)9-24-25-20(27)18-12-2-3-13(8-12)19(18)21(25)28/h1-7,9-10,12-13,18-19H,8H2. The number of rotatable bonds is 5. The molecule has 31 heavy (non-hydrogen) atoms. The van der Waals surface area contributed by atoms with Crippen LogP contribution in [0.2, 0.25) is 5.02 Å². The third-order valence-electron chi connectivity index (χ3n) is 5.87. The molecule has 0 spiro atoms. The van der Waals surface area contributed by atoms with E-state index in [1.807, 2.05) is 12.2 Å². The van der Waals surface area contributed by atoms with E-state index in [2.05, 4.69) is 10.1 Å². The van der Waals surface area contributed by atoms with Crippen molar-refractivity contribution in [2.45, 2.75) is 6.42 Å². The van der Waals surface area contributed by atoms with Gasteiger partial charge >= 0.3 is 0 Å². The van der Waals surface area contributed by atoms with E-state index in [1.165, 1.54) is 18.3 Å². The summed E-state index contributed by atoms with van der Waals surface area (Å²) < 4.78 is 5.56. The maximum absolute atomic E-state index is 12.7. The number of carbonyl (C=O) groups is 2. The van der Waals surface area contributed by atoms with Crippen LogP contribution in [0.3, 0.4) is 0 Å². The lowest BCUT2D eigenvalue weighted by Crippen LogP contribution is -2.28. The number of pyridine rings is 1. The molecule has 10 heteroatoms. The Bertz CT molecular complexity index is 1130. The SMILES string of the molecule is O=C1C2C3C=CC(C3)C2C(=O)N1N=Cc1ccc(Oc2ccc([N+](=O)[O-])cn2)c(Cl)c1. The van der Waals surface area contributed by atoms with Crippen molar-refractivity contribution < 1.29 is 19.2 Å². The number of benzene rings is 1. The number of nitrogens with zero attached hydrogens (tertiary/aromatic N) is 4. The zero-order valence-corrected chi connectivity index (χ0v) is 16.7. The van der Waals surface area contributed by atoms with Gasteiger partial charge in [-0.05, 0) is 42.0 Å². The second-order valence-corrected chi connectivity index (χ2v) is 8.04. The van der Waals surface area contributed by atoms with E-state index in [1.54, 1.807) is 18.2 Å². The fourth-order valence-corrected chi connectivity index (χ4v) is 4.69. The molecule has 5 rings (SSSR count). The predicted octanol–water partition coefficient (Wildman–Crippen LogP) is 3.58. The molecule has 4 atom stereocenters. The van der Waals surface area contributed by atoms with Crippen LogP contribution in [0.1, 0.15) is 12.0 Å². The Kier molecular flexibility index (Phi) is 4.55. The second kappa shape index (κ2) is 7.28. The Morgan fingerprint density at radius 1 is 1.16 bits per heavy atom. The van der Waals surface area contributed by atoms with Gasteiger partial charge in [0, 0.05) is 12.1 Å². The van der Waals surface area contributed by atoms with Crippen LogP contribution >= 0.6 is 11.6 Å². The van der Waals surface area contributed by atoms with E-state index in [0.717, 1.165) is 17.6 Å². The van der Waals surface area contributed by atoms with Crippen LogP contribution in [0, 0.1) is 33.8 Å². The first-order chi connectivity index (χ1) is 14.9. The Morgan fingerprint density at radius 2 is 1.87 bits per heavy atom. The number of hydrazone groups is 1. The molecular formula is C21H15ClN4O5. The first kappa shape index (κ1) is 19.4. The smallest absolute Gasteiger partial charge is 0.287 e. The van der Waals surface area contributed by atoms with Crippen LogP contribution in [-0.2, 0) is 9.59 Å². The van der Waals surface area contributed by atoms with E-state index in [9.17, 15) is 19.7 Å². The van der Waals surface area contributed by atoms with Crippen molar-refractivity contribution in [3.8, 4) is 11.6 Å². The lowest BCUT2D eigenvalue weighted by Gasteiger charge is -2.13. The van der Waals surface area contributed by atoms with Gasteiger partial charge in [-0.15, -0.1) is 0 Å². The lowest BCUT2D eigenvalue weighted by atomic mass is 9.85. The molecule has 1 aromatic heterocycles. The number of halogens is 1. The topological polar surface area (TPSA) is 115 Å². The summed E-state index contributed by atoms with van der Waals surface area (Å²) in [5.41, 5.74) is 0.428. The van der Waals surface area contributed by atoms with Gasteiger partial charge < -0.3 is 4.74 Å². The molecule has 3 aliphatic rings. The predicted molar refractivity (Wildman–Crippen MR) is 110 cm³/mol. The van der Waals surface area contributed by atoms with Gasteiger partial charge in [-0.3, -0.25) is 19.7 Å². The van der Waals surface area contributed by atoms with Gasteiger partial charge in [-0.25, -0.2) is 4.98 Å². The van der Waals surface area contributed by atoms with Crippen molar-refractivity contribution in [1.82, 2.24) is 9.99 Å². The minimum absolute atomic E-state index is 0.130. The largest absolute Gasteiger partial charge is 0.437 e. The van der Waals surface area contributed by atoms with E-state index in [4.69, 9.17) is 16.3 Å². The monoisotopic (exact) mass is 438 g/mol. The highest BCUT2D eigenvalue weighted by Crippen LogP contribution is 2.52. The number of hydrogen-bond acceptors (Lipinski definition) is 7. The van der Waals surface area contributed by atoms with Crippen molar-refractivity contribution >= 4 is 35.3 Å². The summed E-state index contributed by atoms with van der Waals surface area (Å²) in [6, 6.07) is 7.46. The van der Waals surface area contributed by atoms with Crippen molar-refractivity contribution in [1.29, 1.82) is 0 Å². The first-order valence-corrected chi connectivity index (χ1v) is 9.98. The average molecular weight is 439 g/mol. The molecule has 1 aromatic carbocycles. The molecule has 4 unspecified atom stereocenters. The molecule has 2 aliphatic carbocycles. The van der Waals surface area contributed by atoms with E-state index in [0.29, 0.717) is 11.3 Å². The van der Waals surface area contributed by atoms with Crippen LogP contribution in [0.15, 0.2) is 53.8 Å². The summed E-state index contributed by atoms with van der Waals surface area (Å²) in [5, 5.41) is 16.0. The van der Waals surface area contributed by atoms with Gasteiger partial charge in [0.05, 0.1) is 28.0 Å². The van der Waals surface area contributed by atoms with Gasteiger partial charge in [0.25, 0.3) is 17.5 Å². The maximum atomic E-state index is 12.7. The van der Waals surface area contributed by atoms with Gasteiger partial charge in [0.2, 0.25) is 5.88 Å². The van der Waals surface area contributed by atoms with Crippen molar-refractivity contribution in [2.24, 2.45) is 28.8 Å². The van der Waals surface area contributed by atoms with Crippen LogP contribution < -0.4 is 4.74 Å². The molecular weight excluding hydrogens is 424 g/mol. The molecule has 2 amide bonds. The third-order valence-corrected chi connectivity index (χ3v) is 6.17. The highest BCUT2D eigenvalue weighted by molar-refractivity contribution is 6.32. The summed E-state index contributed by atoms with van der Waals surface area (Å²) in [6.45, 7) is 0. The van der Waals surface area contributed by atoms with Gasteiger partial charge in [0.1, 0.15) is 11.9 Å². The number of imide groups is 1. The number of ether oxygens (including phenoxy) is 1. The van der Waals surface area contributed by atoms with Crippen molar-refractivity contribution in [3.05, 3.63) is 69.4 Å². The second-order valence-electron chi connectivity index (χ2n) is 7.64. The van der Waals surface area contributed by atoms with E-state index < -0.39 is 4.92 Å². The van der Waals surface area contributed by atoms with Crippen LogP contribution in [0.25, 0.3) is 0 Å². The summed E-state index contributed by atoms with van der Waals surface area (Å²) in [6.07, 6.45) is 7.42. The number of fused-ring (bicyclic) bond motifs is 5. The number of allylic oxidation sites excluding steroid dienone is 2. The number of amides is 2. The van der Waals surface area contributed by atoms with Crippen LogP contribution in [-0.4, -0.2) is 32.9 Å². The number of nitro groups is 1. The third kappa shape index (κ3) is 3.27. The molecule has 0 radical (unpaired) electrons. The first-order valence-electron chi connectivity index (χ1n) is 9.60. The van der Waals surface area contributed by atoms with Crippen molar-refractivity contribution in [2.75, 3.05) is 0 Å². The van der Waals surface area contributed by atoms with Gasteiger partial charge in [-0.1, -0.05) is 23.8 Å². The summed E-state index contributed by atoms with van der Waals surface area (Å²) in [4.78, 5) is 39.3. The van der Waals surface area contributed by atoms with Crippen LogP contribution in [0.5, 0.6) is 11.6 Å². The molecule has 1 saturated heterocycles.